The van der Waals surface area contributed by atoms with Crippen molar-refractivity contribution in [3.8, 4) is 0 Å². The first-order valence-corrected chi connectivity index (χ1v) is 13.2. The molecule has 6 heteroatoms. The normalized spacial score (nSPS) is 36.7. The highest BCUT2D eigenvalue weighted by Gasteiger charge is 2.57. The second-order valence-corrected chi connectivity index (χ2v) is 11.7. The predicted molar refractivity (Wildman–Crippen MR) is 134 cm³/mol. The topological polar surface area (TPSA) is 103 Å². The second-order valence-electron chi connectivity index (χ2n) is 11.7. The number of carboxylic acid groups (broad SMARTS) is 1. The Morgan fingerprint density at radius 1 is 1.17 bits per heavy atom. The summed E-state index contributed by atoms with van der Waals surface area (Å²) in [5.74, 6) is 0.585. The molecule has 0 radical (unpaired) electrons. The zero-order valence-electron chi connectivity index (χ0n) is 20.9. The van der Waals surface area contributed by atoms with Crippen LogP contribution >= 0.6 is 0 Å². The molecule has 0 aliphatic heterocycles. The van der Waals surface area contributed by atoms with E-state index in [9.17, 15) is 9.59 Å². The van der Waals surface area contributed by atoms with Crippen molar-refractivity contribution in [2.75, 3.05) is 0 Å². The zero-order valence-corrected chi connectivity index (χ0v) is 20.9. The van der Waals surface area contributed by atoms with E-state index in [1.807, 2.05) is 18.5 Å². The molecule has 0 aromatic carbocycles. The molecule has 3 N–H and O–H groups in total. The third-order valence-electron chi connectivity index (χ3n) is 9.87. The number of aliphatic carboxylic acids is 1. The fourth-order valence-corrected chi connectivity index (χ4v) is 7.91. The zero-order chi connectivity index (χ0) is 24.8. The van der Waals surface area contributed by atoms with Gasteiger partial charge in [-0.3, -0.25) is 14.6 Å². The van der Waals surface area contributed by atoms with Crippen molar-refractivity contribution in [1.82, 2.24) is 4.98 Å². The first-order chi connectivity index (χ1) is 16.7. The van der Waals surface area contributed by atoms with Crippen LogP contribution in [-0.4, -0.2) is 34.2 Å². The minimum Gasteiger partial charge on any atom is -0.481 e. The summed E-state index contributed by atoms with van der Waals surface area (Å²) in [7, 11) is 0. The largest absolute Gasteiger partial charge is 0.481 e. The van der Waals surface area contributed by atoms with Gasteiger partial charge >= 0.3 is 11.9 Å². The number of ether oxygens (including phenoxy) is 1. The number of allylic oxidation sites excluding steroid dienone is 3. The summed E-state index contributed by atoms with van der Waals surface area (Å²) >= 11 is 0. The maximum absolute atomic E-state index is 12.4. The molecule has 0 unspecified atom stereocenters. The average molecular weight is 479 g/mol. The smallest absolute Gasteiger partial charge is 0.323 e. The number of esters is 1. The van der Waals surface area contributed by atoms with E-state index < -0.39 is 18.0 Å². The van der Waals surface area contributed by atoms with Crippen molar-refractivity contribution >= 4 is 17.5 Å². The van der Waals surface area contributed by atoms with E-state index in [0.29, 0.717) is 17.8 Å². The predicted octanol–water partition coefficient (Wildman–Crippen LogP) is 5.14. The van der Waals surface area contributed by atoms with Crippen molar-refractivity contribution < 1.29 is 19.4 Å². The Kier molecular flexibility index (Phi) is 6.37. The van der Waals surface area contributed by atoms with E-state index in [0.717, 1.165) is 32.1 Å². The highest BCUT2D eigenvalue weighted by molar-refractivity contribution is 5.77. The quantitative estimate of drug-likeness (QED) is 0.433. The van der Waals surface area contributed by atoms with Gasteiger partial charge in [-0.05, 0) is 90.7 Å². The van der Waals surface area contributed by atoms with Gasteiger partial charge in [0, 0.05) is 25.2 Å². The summed E-state index contributed by atoms with van der Waals surface area (Å²) in [6.45, 7) is 4.92. The molecule has 2 fully saturated rings. The van der Waals surface area contributed by atoms with Gasteiger partial charge in [-0.1, -0.05) is 37.6 Å². The van der Waals surface area contributed by atoms with Gasteiger partial charge in [-0.15, -0.1) is 0 Å². The van der Waals surface area contributed by atoms with Crippen LogP contribution < -0.4 is 5.73 Å². The number of rotatable bonds is 6. The average Bonchev–Trinajstić information content (AvgIpc) is 3.20. The van der Waals surface area contributed by atoms with Crippen LogP contribution in [0, 0.1) is 28.6 Å². The van der Waals surface area contributed by atoms with E-state index in [-0.39, 0.29) is 29.8 Å². The SMILES string of the molecule is C[C@]12CC[C@H](OC(=O)[C@H](N)CCC(=O)O)CC1=CC[C@@H]1[C@@H]2CC[C@]2(C)C(c3cccnc3)=CC[C@@H]12. The number of fused-ring (bicyclic) bond motifs is 5. The summed E-state index contributed by atoms with van der Waals surface area (Å²) in [4.78, 5) is 27.6. The number of nitrogens with two attached hydrogens (primary N) is 1. The Balaban J connectivity index is 1.28. The number of hydrogen-bond donors (Lipinski definition) is 2. The van der Waals surface area contributed by atoms with Gasteiger partial charge < -0.3 is 15.6 Å². The van der Waals surface area contributed by atoms with Crippen LogP contribution in [0.4, 0.5) is 0 Å². The molecule has 188 valence electrons. The molecule has 2 saturated carbocycles. The number of carboxylic acids is 1. The molecule has 1 aromatic rings. The summed E-state index contributed by atoms with van der Waals surface area (Å²) in [6, 6.07) is 3.37. The van der Waals surface area contributed by atoms with E-state index >= 15 is 0 Å². The van der Waals surface area contributed by atoms with Crippen molar-refractivity contribution in [3.05, 3.63) is 47.8 Å². The Morgan fingerprint density at radius 3 is 2.71 bits per heavy atom. The molecule has 6 nitrogen and oxygen atoms in total. The summed E-state index contributed by atoms with van der Waals surface area (Å²) in [6.07, 6.45) is 16.0. The van der Waals surface area contributed by atoms with Crippen molar-refractivity contribution in [2.45, 2.75) is 83.8 Å². The number of pyridine rings is 1. The number of aromatic nitrogens is 1. The first-order valence-electron chi connectivity index (χ1n) is 13.2. The Hall–Kier alpha value is -2.47. The third-order valence-corrected chi connectivity index (χ3v) is 9.87. The van der Waals surface area contributed by atoms with Crippen LogP contribution in [0.25, 0.3) is 5.57 Å². The molecule has 5 rings (SSSR count). The van der Waals surface area contributed by atoms with Gasteiger partial charge in [0.05, 0.1) is 0 Å². The van der Waals surface area contributed by atoms with Crippen LogP contribution in [0.5, 0.6) is 0 Å². The van der Waals surface area contributed by atoms with Gasteiger partial charge in [0.25, 0.3) is 0 Å². The molecule has 4 aliphatic rings. The van der Waals surface area contributed by atoms with E-state index in [1.165, 1.54) is 29.6 Å². The van der Waals surface area contributed by atoms with Crippen LogP contribution in [0.1, 0.15) is 77.2 Å². The van der Waals surface area contributed by atoms with Gasteiger partial charge in [0.2, 0.25) is 0 Å². The van der Waals surface area contributed by atoms with Crippen LogP contribution in [0.2, 0.25) is 0 Å². The number of hydrogen-bond acceptors (Lipinski definition) is 5. The molecule has 1 heterocycles. The maximum atomic E-state index is 12.4. The molecule has 35 heavy (non-hydrogen) atoms. The summed E-state index contributed by atoms with van der Waals surface area (Å²) in [5, 5.41) is 8.84. The highest BCUT2D eigenvalue weighted by atomic mass is 16.5. The van der Waals surface area contributed by atoms with Crippen LogP contribution in [0.3, 0.4) is 0 Å². The van der Waals surface area contributed by atoms with Gasteiger partial charge in [0.15, 0.2) is 0 Å². The van der Waals surface area contributed by atoms with Gasteiger partial charge in [-0.25, -0.2) is 0 Å². The van der Waals surface area contributed by atoms with Crippen molar-refractivity contribution in [2.24, 2.45) is 34.3 Å². The lowest BCUT2D eigenvalue weighted by atomic mass is 9.47. The molecule has 0 bridgehead atoms. The van der Waals surface area contributed by atoms with Crippen molar-refractivity contribution in [3.63, 3.8) is 0 Å². The fourth-order valence-electron chi connectivity index (χ4n) is 7.91. The molecule has 0 saturated heterocycles. The third kappa shape index (κ3) is 4.24. The standard InChI is InChI=1S/C29H38N2O4/c1-28-13-11-20(35-27(34)25(30)9-10-26(32)33)16-19(28)5-6-21-23-8-7-22(18-4-3-15-31-17-18)29(23,2)14-12-24(21)28/h3-5,7,15,17,20-21,23-25H,6,8-14,16,30H2,1-2H3,(H,32,33)/t20-,21-,23-,24-,25+,28-,29+/m0/s1. The minimum atomic E-state index is -0.947. The number of carbonyl (C=O) groups is 2. The lowest BCUT2D eigenvalue weighted by Gasteiger charge is -2.57. The molecule has 7 atom stereocenters. The monoisotopic (exact) mass is 478 g/mol. The number of nitrogens with zero attached hydrogens (tertiary/aromatic N) is 1. The number of carbonyl (C=O) groups excluding carboxylic acids is 1. The van der Waals surface area contributed by atoms with Gasteiger partial charge in [-0.2, -0.15) is 0 Å². The summed E-state index contributed by atoms with van der Waals surface area (Å²) < 4.78 is 5.75. The van der Waals surface area contributed by atoms with Gasteiger partial charge in [0.1, 0.15) is 12.1 Å². The minimum absolute atomic E-state index is 0.111. The first kappa shape index (κ1) is 24.2. The molecular formula is C29H38N2O4. The fraction of sp³-hybridized carbons (Fsp3) is 0.621. The molecular weight excluding hydrogens is 440 g/mol. The molecule has 4 aliphatic carbocycles. The summed E-state index contributed by atoms with van der Waals surface area (Å²) in [5.41, 5.74) is 10.5. The van der Waals surface area contributed by atoms with Crippen LogP contribution in [-0.2, 0) is 14.3 Å². The molecule has 0 amide bonds. The lowest BCUT2D eigenvalue weighted by molar-refractivity contribution is -0.153. The lowest BCUT2D eigenvalue weighted by Crippen LogP contribution is -2.50. The Morgan fingerprint density at radius 2 is 1.97 bits per heavy atom. The van der Waals surface area contributed by atoms with E-state index in [1.54, 1.807) is 0 Å². The van der Waals surface area contributed by atoms with E-state index in [4.69, 9.17) is 15.6 Å². The van der Waals surface area contributed by atoms with Crippen molar-refractivity contribution in [1.29, 1.82) is 0 Å². The van der Waals surface area contributed by atoms with E-state index in [2.05, 4.69) is 37.0 Å². The Bertz CT molecular complexity index is 1050. The molecule has 0 spiro atoms. The molecule has 1 aromatic heterocycles. The maximum Gasteiger partial charge on any atom is 0.323 e. The van der Waals surface area contributed by atoms with Crippen LogP contribution in [0.15, 0.2) is 42.3 Å². The highest BCUT2D eigenvalue weighted by Crippen LogP contribution is 2.66. The Labute approximate surface area is 208 Å². The second kappa shape index (κ2) is 9.20.